The van der Waals surface area contributed by atoms with Crippen LogP contribution in [0.3, 0.4) is 0 Å². The zero-order valence-corrected chi connectivity index (χ0v) is 26.5. The van der Waals surface area contributed by atoms with Crippen LogP contribution in [0.2, 0.25) is 0 Å². The Kier molecular flexibility index (Phi) is 7.06. The lowest BCUT2D eigenvalue weighted by Crippen LogP contribution is -2.71. The number of thioether (sulfide) groups is 1. The topological polar surface area (TPSA) is 125 Å². The van der Waals surface area contributed by atoms with Gasteiger partial charge in [-0.05, 0) is 57.8 Å². The van der Waals surface area contributed by atoms with Gasteiger partial charge in [-0.1, -0.05) is 11.8 Å². The van der Waals surface area contributed by atoms with Crippen molar-refractivity contribution in [1.29, 1.82) is 5.26 Å². The van der Waals surface area contributed by atoms with Gasteiger partial charge in [0.1, 0.15) is 22.9 Å². The number of halogens is 3. The molecule has 2 aromatic rings. The first-order valence-corrected chi connectivity index (χ1v) is 16.6. The second kappa shape index (κ2) is 10.8. The molecule has 6 aliphatic rings. The summed E-state index contributed by atoms with van der Waals surface area (Å²) in [7, 11) is 4.09. The van der Waals surface area contributed by atoms with E-state index in [0.29, 0.717) is 36.5 Å². The molecule has 4 unspecified atom stereocenters. The van der Waals surface area contributed by atoms with Crippen molar-refractivity contribution in [3.8, 4) is 12.1 Å². The molecule has 2 saturated heterocycles. The van der Waals surface area contributed by atoms with E-state index in [2.05, 4.69) is 25.1 Å². The number of anilines is 1. The average molecular weight is 653 g/mol. The molecule has 242 valence electrons. The minimum atomic E-state index is -1.14. The monoisotopic (exact) mass is 652 g/mol. The molecule has 3 N–H and O–H groups in total. The number of hydrogen-bond acceptors (Lipinski definition) is 11. The molecule has 46 heavy (non-hydrogen) atoms. The first-order valence-electron chi connectivity index (χ1n) is 15.7. The number of pyridine rings is 1. The zero-order valence-electron chi connectivity index (χ0n) is 25.7. The summed E-state index contributed by atoms with van der Waals surface area (Å²) >= 11 is 0.855. The molecule has 0 amide bonds. The van der Waals surface area contributed by atoms with E-state index in [1.54, 1.807) is 0 Å². The van der Waals surface area contributed by atoms with Crippen molar-refractivity contribution >= 4 is 34.1 Å². The van der Waals surface area contributed by atoms with Crippen LogP contribution in [0, 0.1) is 28.5 Å². The standard InChI is InChI=1S/C32H35F3N8O2S/c1-42(2)32(4-3-5-32)13-39-29-18-10-38-25(16-8-19(33)23(34)27-22(16)17(9-36)28(37)46-27)24(35)26(18)40-30(41-29)45-15-31(6-7-31)14-43-11-21-20(43)12-44-21/h8,10,20-22,27H,3-7,11-15,37H2,1-2H3,(H,39,40,41). The van der Waals surface area contributed by atoms with Crippen LogP contribution in [-0.4, -0.2) is 94.6 Å². The fourth-order valence-electron chi connectivity index (χ4n) is 7.33. The quantitative estimate of drug-likeness (QED) is 0.382. The number of nitriles is 1. The van der Waals surface area contributed by atoms with Crippen molar-refractivity contribution in [2.75, 3.05) is 52.3 Å². The Labute approximate surface area is 268 Å². The Morgan fingerprint density at radius 1 is 1.24 bits per heavy atom. The van der Waals surface area contributed by atoms with Gasteiger partial charge in [0, 0.05) is 42.7 Å². The van der Waals surface area contributed by atoms with E-state index in [4.69, 9.17) is 20.2 Å². The van der Waals surface area contributed by atoms with E-state index < -0.39 is 28.6 Å². The first-order chi connectivity index (χ1) is 22.1. The second-order valence-electron chi connectivity index (χ2n) is 13.7. The third kappa shape index (κ3) is 4.69. The van der Waals surface area contributed by atoms with Crippen LogP contribution in [0.5, 0.6) is 6.01 Å². The molecule has 4 atom stereocenters. The Hall–Kier alpha value is -3.38. The number of nitrogens with two attached hydrogens (primary N) is 1. The highest BCUT2D eigenvalue weighted by atomic mass is 32.2. The maximum Gasteiger partial charge on any atom is 0.319 e. The summed E-state index contributed by atoms with van der Waals surface area (Å²) in [6.45, 7) is 3.59. The number of likely N-dealkylation sites (tertiary alicyclic amines) is 1. The normalized spacial score (nSPS) is 28.9. The molecule has 0 aromatic carbocycles. The van der Waals surface area contributed by atoms with Crippen molar-refractivity contribution in [3.05, 3.63) is 46.0 Å². The van der Waals surface area contributed by atoms with Gasteiger partial charge in [-0.25, -0.2) is 13.2 Å². The SMILES string of the molecule is CN(C)C1(CNc2nc(OCC3(CN4CC5OCC54)CC3)nc3c(F)c(C4=CC(F)=C(F)C5SC(N)=C(C#N)C45)ncc23)CCC1. The number of likely N-dealkylation sites (N-methyl/N-ethyl adjacent to an activating group) is 1. The average Bonchev–Trinajstić information content (AvgIpc) is 3.68. The lowest BCUT2D eigenvalue weighted by Gasteiger charge is -2.55. The molecule has 2 saturated carbocycles. The number of aromatic nitrogens is 3. The highest BCUT2D eigenvalue weighted by Crippen LogP contribution is 2.53. The second-order valence-corrected chi connectivity index (χ2v) is 14.9. The van der Waals surface area contributed by atoms with Crippen LogP contribution < -0.4 is 15.8 Å². The van der Waals surface area contributed by atoms with E-state index >= 15 is 4.39 Å². The molecule has 4 fully saturated rings. The third-order valence-corrected chi connectivity index (χ3v) is 12.1. The fraction of sp³-hybridized carbons (Fsp3) is 0.562. The van der Waals surface area contributed by atoms with Gasteiger partial charge in [-0.15, -0.1) is 0 Å². The number of allylic oxidation sites excluding steroid dienone is 4. The summed E-state index contributed by atoms with van der Waals surface area (Å²) in [6.07, 6.45) is 7.91. The van der Waals surface area contributed by atoms with Gasteiger partial charge in [0.15, 0.2) is 11.6 Å². The van der Waals surface area contributed by atoms with Crippen molar-refractivity contribution < 1.29 is 22.6 Å². The molecule has 3 aliphatic carbocycles. The van der Waals surface area contributed by atoms with Crippen LogP contribution >= 0.6 is 11.8 Å². The van der Waals surface area contributed by atoms with Gasteiger partial charge < -0.3 is 25.4 Å². The number of fused-ring (bicyclic) bond motifs is 3. The lowest BCUT2D eigenvalue weighted by atomic mass is 9.75. The van der Waals surface area contributed by atoms with Crippen molar-refractivity contribution in [2.24, 2.45) is 17.1 Å². The minimum absolute atomic E-state index is 0.00864. The molecule has 14 heteroatoms. The Bertz CT molecular complexity index is 1770. The first kappa shape index (κ1) is 30.0. The number of nitrogens with one attached hydrogen (secondary N) is 1. The number of ether oxygens (including phenoxy) is 2. The molecular formula is C32H35F3N8O2S. The summed E-state index contributed by atoms with van der Waals surface area (Å²) in [5.41, 5.74) is 5.77. The van der Waals surface area contributed by atoms with Crippen molar-refractivity contribution in [1.82, 2.24) is 24.8 Å². The predicted molar refractivity (Wildman–Crippen MR) is 167 cm³/mol. The van der Waals surface area contributed by atoms with Crippen LogP contribution in [0.4, 0.5) is 19.0 Å². The van der Waals surface area contributed by atoms with E-state index in [1.807, 2.05) is 20.2 Å². The number of hydrogen-bond donors (Lipinski definition) is 2. The molecule has 2 aromatic heterocycles. The maximum atomic E-state index is 16.6. The van der Waals surface area contributed by atoms with Crippen LogP contribution in [0.25, 0.3) is 16.5 Å². The molecule has 0 radical (unpaired) electrons. The molecule has 3 aliphatic heterocycles. The molecule has 0 bridgehead atoms. The predicted octanol–water partition coefficient (Wildman–Crippen LogP) is 4.28. The van der Waals surface area contributed by atoms with Gasteiger partial charge in [0.25, 0.3) is 0 Å². The summed E-state index contributed by atoms with van der Waals surface area (Å²) in [5, 5.41) is 12.5. The maximum absolute atomic E-state index is 16.6. The smallest absolute Gasteiger partial charge is 0.319 e. The Morgan fingerprint density at radius 2 is 2.04 bits per heavy atom. The summed E-state index contributed by atoms with van der Waals surface area (Å²) in [6, 6.07) is 2.53. The summed E-state index contributed by atoms with van der Waals surface area (Å²) in [5.74, 6) is -3.60. The summed E-state index contributed by atoms with van der Waals surface area (Å²) < 4.78 is 58.1. The van der Waals surface area contributed by atoms with Crippen molar-refractivity contribution in [2.45, 2.75) is 55.0 Å². The van der Waals surface area contributed by atoms with Crippen LogP contribution in [-0.2, 0) is 4.74 Å². The van der Waals surface area contributed by atoms with Gasteiger partial charge in [0.2, 0.25) is 0 Å². The van der Waals surface area contributed by atoms with Gasteiger partial charge in [-0.2, -0.15) is 15.2 Å². The van der Waals surface area contributed by atoms with Crippen molar-refractivity contribution in [3.63, 3.8) is 0 Å². The van der Waals surface area contributed by atoms with E-state index in [9.17, 15) is 14.0 Å². The van der Waals surface area contributed by atoms with Crippen LogP contribution in [0.1, 0.15) is 37.8 Å². The number of morpholine rings is 1. The number of nitrogens with zero attached hydrogens (tertiary/aromatic N) is 6. The Morgan fingerprint density at radius 3 is 2.65 bits per heavy atom. The zero-order chi connectivity index (χ0) is 32.0. The van der Waals surface area contributed by atoms with Gasteiger partial charge in [-0.3, -0.25) is 9.88 Å². The highest BCUT2D eigenvalue weighted by molar-refractivity contribution is 8.04. The molecular weight excluding hydrogens is 617 g/mol. The number of rotatable bonds is 10. The summed E-state index contributed by atoms with van der Waals surface area (Å²) in [4.78, 5) is 18.2. The molecule has 8 rings (SSSR count). The highest BCUT2D eigenvalue weighted by Gasteiger charge is 2.53. The lowest BCUT2D eigenvalue weighted by molar-refractivity contribution is -0.218. The van der Waals surface area contributed by atoms with E-state index in [1.165, 1.54) is 6.20 Å². The molecule has 0 spiro atoms. The Balaban J connectivity index is 1.15. The third-order valence-electron chi connectivity index (χ3n) is 10.9. The molecule has 10 nitrogen and oxygen atoms in total. The fourth-order valence-corrected chi connectivity index (χ4v) is 8.54. The van der Waals surface area contributed by atoms with E-state index in [-0.39, 0.29) is 44.4 Å². The minimum Gasteiger partial charge on any atom is -0.463 e. The van der Waals surface area contributed by atoms with Gasteiger partial charge >= 0.3 is 6.01 Å². The van der Waals surface area contributed by atoms with Gasteiger partial charge in [0.05, 0.1) is 52.7 Å². The molecule has 5 heterocycles. The largest absolute Gasteiger partial charge is 0.463 e. The van der Waals surface area contributed by atoms with E-state index in [0.717, 1.165) is 69.6 Å². The van der Waals surface area contributed by atoms with Crippen LogP contribution in [0.15, 0.2) is 34.5 Å².